The Labute approximate surface area is 225 Å². The predicted octanol–water partition coefficient (Wildman–Crippen LogP) is 7.40. The van der Waals surface area contributed by atoms with Crippen molar-refractivity contribution in [2.24, 2.45) is 5.92 Å². The van der Waals surface area contributed by atoms with Crippen LogP contribution in [0, 0.1) is 5.92 Å². The molecule has 1 aromatic heterocycles. The Morgan fingerprint density at radius 2 is 1.57 bits per heavy atom. The Kier molecular flexibility index (Phi) is 6.19. The van der Waals surface area contributed by atoms with Gasteiger partial charge in [0.05, 0.1) is 16.5 Å². The Hall–Kier alpha value is -2.41. The van der Waals surface area contributed by atoms with Crippen LogP contribution in [-0.2, 0) is 4.79 Å². The van der Waals surface area contributed by atoms with Crippen molar-refractivity contribution in [2.75, 3.05) is 11.1 Å². The molecule has 3 aromatic carbocycles. The van der Waals surface area contributed by atoms with E-state index in [1.54, 1.807) is 54.9 Å². The second-order valence-electron chi connectivity index (χ2n) is 8.38. The number of carbonyl (C=O) groups excluding carboxylic acids is 2. The highest BCUT2D eigenvalue weighted by molar-refractivity contribution is 6.53. The lowest BCUT2D eigenvalue weighted by molar-refractivity contribution is -0.117. The standard InChI is InChI=1S/C25H16Cl5N3O2/c26-15-5-13(6-16(27)8-15)21-22(25(21,29)30)23(34)32-18-3-4-20(28)19(9-18)24(35)33-10-12-1-2-17(31)7-14(12)11-33/h1-11,21-22H,31H2,(H,32,34). The van der Waals surface area contributed by atoms with Gasteiger partial charge >= 0.3 is 0 Å². The van der Waals surface area contributed by atoms with Gasteiger partial charge in [-0.25, -0.2) is 0 Å². The van der Waals surface area contributed by atoms with Gasteiger partial charge in [-0.05, 0) is 54.1 Å². The first kappa shape index (κ1) is 24.3. The summed E-state index contributed by atoms with van der Waals surface area (Å²) < 4.78 is 0.107. The highest BCUT2D eigenvalue weighted by atomic mass is 35.5. The van der Waals surface area contributed by atoms with Crippen LogP contribution >= 0.6 is 58.0 Å². The summed E-state index contributed by atoms with van der Waals surface area (Å²) in [6.45, 7) is 0. The molecule has 0 radical (unpaired) electrons. The van der Waals surface area contributed by atoms with Gasteiger partial charge in [-0.3, -0.25) is 14.2 Å². The normalized spacial score (nSPS) is 18.4. The number of nitrogens with zero attached hydrogens (tertiary/aromatic N) is 1. The summed E-state index contributed by atoms with van der Waals surface area (Å²) in [5.41, 5.74) is 7.69. The van der Waals surface area contributed by atoms with Crippen molar-refractivity contribution >= 4 is 92.0 Å². The van der Waals surface area contributed by atoms with E-state index in [-0.39, 0.29) is 16.5 Å². The molecule has 1 aliphatic rings. The smallest absolute Gasteiger partial charge is 0.263 e. The molecule has 0 bridgehead atoms. The van der Waals surface area contributed by atoms with Crippen molar-refractivity contribution in [3.63, 3.8) is 0 Å². The first-order chi connectivity index (χ1) is 16.5. The van der Waals surface area contributed by atoms with Crippen molar-refractivity contribution < 1.29 is 9.59 Å². The summed E-state index contributed by atoms with van der Waals surface area (Å²) in [4.78, 5) is 26.2. The molecule has 1 aliphatic carbocycles. The second-order valence-corrected chi connectivity index (χ2v) is 11.1. The molecule has 2 unspecified atom stereocenters. The van der Waals surface area contributed by atoms with Crippen LogP contribution < -0.4 is 11.1 Å². The third-order valence-electron chi connectivity index (χ3n) is 5.95. The second kappa shape index (κ2) is 8.91. The Bertz CT molecular complexity index is 1490. The van der Waals surface area contributed by atoms with Crippen LogP contribution in [0.1, 0.15) is 21.8 Å². The first-order valence-electron chi connectivity index (χ1n) is 10.4. The zero-order chi connectivity index (χ0) is 25.1. The quantitative estimate of drug-likeness (QED) is 0.199. The van der Waals surface area contributed by atoms with Crippen molar-refractivity contribution in [2.45, 2.75) is 10.3 Å². The molecule has 0 spiro atoms. The van der Waals surface area contributed by atoms with Crippen LogP contribution in [-0.4, -0.2) is 20.7 Å². The monoisotopic (exact) mass is 565 g/mol. The van der Waals surface area contributed by atoms with Gasteiger partial charge in [0.2, 0.25) is 5.91 Å². The van der Waals surface area contributed by atoms with Gasteiger partial charge in [-0.1, -0.05) is 40.9 Å². The number of halogens is 5. The highest BCUT2D eigenvalue weighted by Gasteiger charge is 2.67. The Morgan fingerprint density at radius 3 is 2.29 bits per heavy atom. The van der Waals surface area contributed by atoms with Crippen LogP contribution in [0.15, 0.2) is 67.0 Å². The minimum atomic E-state index is -1.32. The maximum atomic E-state index is 13.2. The van der Waals surface area contributed by atoms with Crippen molar-refractivity contribution in [3.05, 3.63) is 93.2 Å². The molecule has 10 heteroatoms. The molecule has 3 N–H and O–H groups in total. The van der Waals surface area contributed by atoms with E-state index in [0.717, 1.165) is 10.8 Å². The van der Waals surface area contributed by atoms with E-state index in [1.165, 1.54) is 10.6 Å². The lowest BCUT2D eigenvalue weighted by Gasteiger charge is -2.09. The number of hydrogen-bond acceptors (Lipinski definition) is 3. The maximum Gasteiger partial charge on any atom is 0.263 e. The van der Waals surface area contributed by atoms with Gasteiger partial charge in [0.15, 0.2) is 0 Å². The van der Waals surface area contributed by atoms with E-state index < -0.39 is 22.1 Å². The minimum Gasteiger partial charge on any atom is -0.399 e. The minimum absolute atomic E-state index is 0.217. The average molecular weight is 568 g/mol. The maximum absolute atomic E-state index is 13.2. The Balaban J connectivity index is 1.38. The van der Waals surface area contributed by atoms with Gasteiger partial charge < -0.3 is 11.1 Å². The predicted molar refractivity (Wildman–Crippen MR) is 143 cm³/mol. The van der Waals surface area contributed by atoms with Crippen molar-refractivity contribution in [1.29, 1.82) is 0 Å². The summed E-state index contributed by atoms with van der Waals surface area (Å²) in [5, 5.41) is 5.55. The molecule has 2 atom stereocenters. The number of fused-ring (bicyclic) bond motifs is 1. The molecule has 0 aliphatic heterocycles. The number of amides is 1. The largest absolute Gasteiger partial charge is 0.399 e. The molecule has 5 rings (SSSR count). The third kappa shape index (κ3) is 4.59. The number of alkyl halides is 2. The number of carbonyl (C=O) groups is 2. The van der Waals surface area contributed by atoms with Gasteiger partial charge in [0.1, 0.15) is 4.33 Å². The summed E-state index contributed by atoms with van der Waals surface area (Å²) in [5.74, 6) is -1.99. The molecule has 1 amide bonds. The lowest BCUT2D eigenvalue weighted by atomic mass is 10.1. The van der Waals surface area contributed by atoms with Gasteiger partial charge in [0.25, 0.3) is 5.91 Å². The lowest BCUT2D eigenvalue weighted by Crippen LogP contribution is -2.18. The molecule has 1 heterocycles. The van der Waals surface area contributed by atoms with Crippen LogP contribution in [0.5, 0.6) is 0 Å². The Morgan fingerprint density at radius 1 is 0.886 bits per heavy atom. The molecular weight excluding hydrogens is 552 g/mol. The van der Waals surface area contributed by atoms with Crippen molar-refractivity contribution in [3.8, 4) is 0 Å². The van der Waals surface area contributed by atoms with Crippen molar-refractivity contribution in [1.82, 2.24) is 4.57 Å². The molecule has 4 aromatic rings. The summed E-state index contributed by atoms with van der Waals surface area (Å²) in [6, 6.07) is 15.0. The zero-order valence-corrected chi connectivity index (χ0v) is 21.5. The number of nitrogen functional groups attached to an aromatic ring is 1. The molecule has 35 heavy (non-hydrogen) atoms. The zero-order valence-electron chi connectivity index (χ0n) is 17.7. The molecule has 178 valence electrons. The van der Waals surface area contributed by atoms with E-state index in [2.05, 4.69) is 5.32 Å². The van der Waals surface area contributed by atoms with Gasteiger partial charge in [-0.15, -0.1) is 23.2 Å². The number of hydrogen-bond donors (Lipinski definition) is 2. The fourth-order valence-electron chi connectivity index (χ4n) is 4.23. The first-order valence-corrected chi connectivity index (χ1v) is 12.3. The highest BCUT2D eigenvalue weighted by Crippen LogP contribution is 2.65. The van der Waals surface area contributed by atoms with Crippen LogP contribution in [0.25, 0.3) is 10.8 Å². The molecule has 0 saturated heterocycles. The van der Waals surface area contributed by atoms with E-state index in [1.807, 2.05) is 6.07 Å². The fraction of sp³-hybridized carbons (Fsp3) is 0.120. The number of nitrogens with one attached hydrogen (secondary N) is 1. The third-order valence-corrected chi connectivity index (χ3v) is 7.65. The molecule has 1 saturated carbocycles. The molecule has 1 fully saturated rings. The van der Waals surface area contributed by atoms with Crippen LogP contribution in [0.3, 0.4) is 0 Å². The fourth-order valence-corrected chi connectivity index (χ4v) is 5.79. The van der Waals surface area contributed by atoms with Crippen LogP contribution in [0.4, 0.5) is 11.4 Å². The average Bonchev–Trinajstić information content (AvgIpc) is 3.14. The summed E-state index contributed by atoms with van der Waals surface area (Å²) in [7, 11) is 0. The van der Waals surface area contributed by atoms with Gasteiger partial charge in [0, 0.05) is 50.5 Å². The SMILES string of the molecule is Nc1ccc2cn(C(=O)c3cc(NC(=O)C4C(c5cc(Cl)cc(Cl)c5)C4(Cl)Cl)ccc3Cl)cc2c1. The van der Waals surface area contributed by atoms with E-state index in [4.69, 9.17) is 63.7 Å². The van der Waals surface area contributed by atoms with E-state index in [0.29, 0.717) is 27.0 Å². The number of aromatic nitrogens is 1. The number of benzene rings is 3. The van der Waals surface area contributed by atoms with Gasteiger partial charge in [-0.2, -0.15) is 0 Å². The summed E-state index contributed by atoms with van der Waals surface area (Å²) >= 11 is 31.4. The molecule has 5 nitrogen and oxygen atoms in total. The van der Waals surface area contributed by atoms with E-state index in [9.17, 15) is 9.59 Å². The topological polar surface area (TPSA) is 77.1 Å². The number of anilines is 2. The van der Waals surface area contributed by atoms with Crippen LogP contribution in [0.2, 0.25) is 15.1 Å². The summed E-state index contributed by atoms with van der Waals surface area (Å²) in [6.07, 6.45) is 3.37. The number of nitrogens with two attached hydrogens (primary N) is 1. The number of rotatable bonds is 4. The molecular formula is C25H16Cl5N3O2. The van der Waals surface area contributed by atoms with E-state index >= 15 is 0 Å².